The summed E-state index contributed by atoms with van der Waals surface area (Å²) in [5.41, 5.74) is 0.133. The van der Waals surface area contributed by atoms with Crippen LogP contribution in [0.5, 0.6) is 5.75 Å². The Kier molecular flexibility index (Phi) is 5.25. The normalized spacial score (nSPS) is 11.7. The standard InChI is InChI=1S/C12H15NO6/c1-18-11-5-3-8(7-9(11)13(16)17)10(14)4-6-12(15)19-2/h3,5,7,10,14H,4,6H2,1-2H3. The second-order valence-electron chi connectivity index (χ2n) is 3.82. The molecule has 0 heterocycles. The Balaban J connectivity index is 2.86. The minimum Gasteiger partial charge on any atom is -0.490 e. The van der Waals surface area contributed by atoms with Crippen LogP contribution in [0.15, 0.2) is 18.2 Å². The SMILES string of the molecule is COC(=O)CCC(O)c1ccc(OC)c([N+](=O)[O-])c1. The van der Waals surface area contributed by atoms with E-state index in [-0.39, 0.29) is 24.3 Å². The van der Waals surface area contributed by atoms with Crippen LogP contribution in [0.25, 0.3) is 0 Å². The highest BCUT2D eigenvalue weighted by atomic mass is 16.6. The van der Waals surface area contributed by atoms with Gasteiger partial charge in [0.25, 0.3) is 0 Å². The predicted octanol–water partition coefficient (Wildman–Crippen LogP) is 1.59. The van der Waals surface area contributed by atoms with Gasteiger partial charge in [0.15, 0.2) is 5.75 Å². The number of nitrogens with zero attached hydrogens (tertiary/aromatic N) is 1. The lowest BCUT2D eigenvalue weighted by atomic mass is 10.0. The molecule has 1 unspecified atom stereocenters. The minimum absolute atomic E-state index is 0.0392. The summed E-state index contributed by atoms with van der Waals surface area (Å²) in [6.07, 6.45) is -0.795. The fourth-order valence-electron chi connectivity index (χ4n) is 1.58. The molecule has 0 bridgehead atoms. The van der Waals surface area contributed by atoms with E-state index in [1.807, 2.05) is 0 Å². The molecule has 0 aliphatic carbocycles. The molecule has 0 fully saturated rings. The van der Waals surface area contributed by atoms with Crippen molar-refractivity contribution in [1.82, 2.24) is 0 Å². The van der Waals surface area contributed by atoms with Gasteiger partial charge < -0.3 is 14.6 Å². The Bertz CT molecular complexity index is 473. The molecule has 104 valence electrons. The van der Waals surface area contributed by atoms with Gasteiger partial charge in [-0.2, -0.15) is 0 Å². The van der Waals surface area contributed by atoms with E-state index in [0.717, 1.165) is 0 Å². The topological polar surface area (TPSA) is 98.9 Å². The van der Waals surface area contributed by atoms with Crippen molar-refractivity contribution in [2.75, 3.05) is 14.2 Å². The number of hydrogen-bond acceptors (Lipinski definition) is 6. The Labute approximate surface area is 109 Å². The first-order valence-electron chi connectivity index (χ1n) is 5.56. The number of rotatable bonds is 6. The highest BCUT2D eigenvalue weighted by Gasteiger charge is 2.19. The van der Waals surface area contributed by atoms with Gasteiger partial charge in [-0.05, 0) is 18.1 Å². The van der Waals surface area contributed by atoms with Crippen LogP contribution < -0.4 is 4.74 Å². The summed E-state index contributed by atoms with van der Waals surface area (Å²) in [6, 6.07) is 4.17. The van der Waals surface area contributed by atoms with E-state index in [9.17, 15) is 20.0 Å². The number of aliphatic hydroxyl groups excluding tert-OH is 1. The lowest BCUT2D eigenvalue weighted by Gasteiger charge is -2.11. The summed E-state index contributed by atoms with van der Waals surface area (Å²) in [4.78, 5) is 21.2. The van der Waals surface area contributed by atoms with E-state index < -0.39 is 17.0 Å². The van der Waals surface area contributed by atoms with Gasteiger partial charge in [-0.1, -0.05) is 6.07 Å². The second-order valence-corrected chi connectivity index (χ2v) is 3.82. The van der Waals surface area contributed by atoms with Crippen molar-refractivity contribution in [2.45, 2.75) is 18.9 Å². The number of hydrogen-bond donors (Lipinski definition) is 1. The fraction of sp³-hybridized carbons (Fsp3) is 0.417. The number of esters is 1. The van der Waals surface area contributed by atoms with E-state index in [1.54, 1.807) is 0 Å². The van der Waals surface area contributed by atoms with Crippen molar-refractivity contribution in [3.8, 4) is 5.75 Å². The van der Waals surface area contributed by atoms with Crippen LogP contribution >= 0.6 is 0 Å². The first kappa shape index (κ1) is 14.9. The quantitative estimate of drug-likeness (QED) is 0.478. The van der Waals surface area contributed by atoms with E-state index in [0.29, 0.717) is 5.56 Å². The molecule has 0 aliphatic heterocycles. The molecule has 0 aliphatic rings. The number of methoxy groups -OCH3 is 2. The maximum Gasteiger partial charge on any atom is 0.311 e. The predicted molar refractivity (Wildman–Crippen MR) is 65.9 cm³/mol. The number of carbonyl (C=O) groups is 1. The zero-order valence-electron chi connectivity index (χ0n) is 10.7. The molecule has 7 nitrogen and oxygen atoms in total. The Morgan fingerprint density at radius 1 is 1.47 bits per heavy atom. The molecule has 0 spiro atoms. The van der Waals surface area contributed by atoms with Crippen molar-refractivity contribution < 1.29 is 24.3 Å². The van der Waals surface area contributed by atoms with Crippen molar-refractivity contribution >= 4 is 11.7 Å². The number of nitro groups is 1. The average molecular weight is 269 g/mol. The van der Waals surface area contributed by atoms with Gasteiger partial charge in [0.2, 0.25) is 0 Å². The minimum atomic E-state index is -0.969. The lowest BCUT2D eigenvalue weighted by Crippen LogP contribution is -2.05. The van der Waals surface area contributed by atoms with Gasteiger partial charge >= 0.3 is 11.7 Å². The first-order valence-corrected chi connectivity index (χ1v) is 5.56. The summed E-state index contributed by atoms with van der Waals surface area (Å²) in [7, 11) is 2.59. The third-order valence-corrected chi connectivity index (χ3v) is 2.63. The highest BCUT2D eigenvalue weighted by Crippen LogP contribution is 2.31. The molecule has 7 heteroatoms. The van der Waals surface area contributed by atoms with Crippen LogP contribution in [-0.4, -0.2) is 30.2 Å². The second kappa shape index (κ2) is 6.69. The van der Waals surface area contributed by atoms with E-state index in [1.165, 1.54) is 32.4 Å². The first-order chi connectivity index (χ1) is 8.99. The third-order valence-electron chi connectivity index (χ3n) is 2.63. The van der Waals surface area contributed by atoms with Crippen molar-refractivity contribution in [3.63, 3.8) is 0 Å². The van der Waals surface area contributed by atoms with Gasteiger partial charge in [0, 0.05) is 12.5 Å². The molecule has 1 N–H and O–H groups in total. The zero-order valence-corrected chi connectivity index (χ0v) is 10.7. The molecule has 0 amide bonds. The van der Waals surface area contributed by atoms with Crippen molar-refractivity contribution in [2.24, 2.45) is 0 Å². The summed E-state index contributed by atoms with van der Waals surface area (Å²) in [5, 5.41) is 20.7. The van der Waals surface area contributed by atoms with Crippen LogP contribution in [-0.2, 0) is 9.53 Å². The molecular formula is C12H15NO6. The van der Waals surface area contributed by atoms with Gasteiger partial charge in [0.1, 0.15) is 0 Å². The molecule has 0 saturated carbocycles. The summed E-state index contributed by atoms with van der Waals surface area (Å²) < 4.78 is 9.32. The Hall–Kier alpha value is -2.15. The van der Waals surface area contributed by atoms with E-state index in [4.69, 9.17) is 4.74 Å². The van der Waals surface area contributed by atoms with Gasteiger partial charge in [0.05, 0.1) is 25.2 Å². The maximum atomic E-state index is 11.0. The molecule has 1 rings (SSSR count). The maximum absolute atomic E-state index is 11.0. The number of carbonyl (C=O) groups excluding carboxylic acids is 1. The molecule has 1 atom stereocenters. The molecule has 0 saturated heterocycles. The van der Waals surface area contributed by atoms with Crippen molar-refractivity contribution in [3.05, 3.63) is 33.9 Å². The lowest BCUT2D eigenvalue weighted by molar-refractivity contribution is -0.385. The summed E-state index contributed by atoms with van der Waals surface area (Å²) in [6.45, 7) is 0. The smallest absolute Gasteiger partial charge is 0.311 e. The number of nitro benzene ring substituents is 1. The Morgan fingerprint density at radius 2 is 2.16 bits per heavy atom. The van der Waals surface area contributed by atoms with E-state index in [2.05, 4.69) is 4.74 Å². The molecule has 1 aromatic rings. The Morgan fingerprint density at radius 3 is 2.68 bits per heavy atom. The highest BCUT2D eigenvalue weighted by molar-refractivity contribution is 5.69. The number of ether oxygens (including phenoxy) is 2. The molecule has 0 radical (unpaired) electrons. The number of aliphatic hydroxyl groups is 1. The molecule has 0 aromatic heterocycles. The molecule has 19 heavy (non-hydrogen) atoms. The monoisotopic (exact) mass is 269 g/mol. The van der Waals surface area contributed by atoms with Crippen LogP contribution in [0.3, 0.4) is 0 Å². The molecule has 1 aromatic carbocycles. The molecular weight excluding hydrogens is 254 g/mol. The average Bonchev–Trinajstić information content (AvgIpc) is 2.43. The van der Waals surface area contributed by atoms with E-state index >= 15 is 0 Å². The van der Waals surface area contributed by atoms with Crippen LogP contribution in [0.2, 0.25) is 0 Å². The number of benzene rings is 1. The fourth-order valence-corrected chi connectivity index (χ4v) is 1.58. The largest absolute Gasteiger partial charge is 0.490 e. The third kappa shape index (κ3) is 3.92. The van der Waals surface area contributed by atoms with Crippen LogP contribution in [0, 0.1) is 10.1 Å². The van der Waals surface area contributed by atoms with Crippen LogP contribution in [0.1, 0.15) is 24.5 Å². The van der Waals surface area contributed by atoms with Gasteiger partial charge in [-0.25, -0.2) is 0 Å². The van der Waals surface area contributed by atoms with Crippen molar-refractivity contribution in [1.29, 1.82) is 0 Å². The van der Waals surface area contributed by atoms with Gasteiger partial charge in [-0.3, -0.25) is 14.9 Å². The van der Waals surface area contributed by atoms with Crippen LogP contribution in [0.4, 0.5) is 5.69 Å². The summed E-state index contributed by atoms with van der Waals surface area (Å²) >= 11 is 0. The van der Waals surface area contributed by atoms with Gasteiger partial charge in [-0.15, -0.1) is 0 Å². The summed E-state index contributed by atoms with van der Waals surface area (Å²) in [5.74, 6) is -0.323. The zero-order chi connectivity index (χ0) is 14.4.